The summed E-state index contributed by atoms with van der Waals surface area (Å²) in [6, 6.07) is 7.96. The minimum atomic E-state index is -0.318. The smallest absolute Gasteiger partial charge is 0.258 e. The molecule has 0 N–H and O–H groups in total. The molecule has 0 bridgehead atoms. The molecule has 0 unspecified atom stereocenters. The predicted molar refractivity (Wildman–Crippen MR) is 127 cm³/mol. The molecule has 0 radical (unpaired) electrons. The van der Waals surface area contributed by atoms with E-state index in [9.17, 15) is 19.2 Å². The number of hydrogen-bond donors (Lipinski definition) is 0. The minimum absolute atomic E-state index is 0.318. The quantitative estimate of drug-likeness (QED) is 0.637. The van der Waals surface area contributed by atoms with E-state index in [1.165, 1.54) is 34.1 Å². The van der Waals surface area contributed by atoms with Gasteiger partial charge in [0.25, 0.3) is 23.6 Å². The van der Waals surface area contributed by atoms with Crippen molar-refractivity contribution in [3.05, 3.63) is 82.0 Å². The Morgan fingerprint density at radius 1 is 0.545 bits per heavy atom. The van der Waals surface area contributed by atoms with Gasteiger partial charge in [0.2, 0.25) is 0 Å². The minimum Gasteiger partial charge on any atom is -0.269 e. The highest BCUT2D eigenvalue weighted by atomic mass is 16.2. The van der Waals surface area contributed by atoms with Crippen LogP contribution < -0.4 is 9.80 Å². The van der Waals surface area contributed by atoms with Gasteiger partial charge in [-0.1, -0.05) is 26.0 Å². The second-order valence-corrected chi connectivity index (χ2v) is 8.39. The Bertz CT molecular complexity index is 1140. The number of nitrogens with zero attached hydrogens (tertiary/aromatic N) is 2. The molecular formula is C27H26N2O4. The molecule has 168 valence electrons. The SMILES string of the molecule is CCc1cc(Cc2cc(CC)c(N3C(=O)C=CC3=O)cc2C)c(C)cc1N1C(=O)C=CC1=O. The van der Waals surface area contributed by atoms with Crippen molar-refractivity contribution in [1.29, 1.82) is 0 Å². The van der Waals surface area contributed by atoms with Crippen LogP contribution in [0.5, 0.6) is 0 Å². The van der Waals surface area contributed by atoms with Crippen LogP contribution in [0.25, 0.3) is 0 Å². The largest absolute Gasteiger partial charge is 0.269 e. The number of rotatable bonds is 6. The van der Waals surface area contributed by atoms with E-state index in [2.05, 4.69) is 12.1 Å². The van der Waals surface area contributed by atoms with E-state index >= 15 is 0 Å². The van der Waals surface area contributed by atoms with Gasteiger partial charge in [-0.25, -0.2) is 9.80 Å². The maximum absolute atomic E-state index is 12.2. The molecule has 0 atom stereocenters. The summed E-state index contributed by atoms with van der Waals surface area (Å²) in [7, 11) is 0. The number of benzene rings is 2. The van der Waals surface area contributed by atoms with Gasteiger partial charge in [0, 0.05) is 24.3 Å². The molecule has 0 spiro atoms. The van der Waals surface area contributed by atoms with Crippen molar-refractivity contribution in [3.8, 4) is 0 Å². The zero-order valence-electron chi connectivity index (χ0n) is 19.3. The molecule has 0 aliphatic carbocycles. The lowest BCUT2D eigenvalue weighted by Crippen LogP contribution is -2.30. The lowest BCUT2D eigenvalue weighted by atomic mass is 9.91. The Hall–Kier alpha value is -3.80. The fraction of sp³-hybridized carbons (Fsp3) is 0.259. The summed E-state index contributed by atoms with van der Waals surface area (Å²) >= 11 is 0. The molecule has 2 heterocycles. The third kappa shape index (κ3) is 3.93. The highest BCUT2D eigenvalue weighted by molar-refractivity contribution is 6.29. The Kier molecular flexibility index (Phi) is 5.85. The molecular weight excluding hydrogens is 416 g/mol. The first-order chi connectivity index (χ1) is 15.7. The van der Waals surface area contributed by atoms with Crippen LogP contribution in [0.1, 0.15) is 47.2 Å². The van der Waals surface area contributed by atoms with Gasteiger partial charge in [-0.15, -0.1) is 0 Å². The lowest BCUT2D eigenvalue weighted by molar-refractivity contribution is -0.121. The molecule has 4 amide bonds. The maximum atomic E-state index is 12.2. The van der Waals surface area contributed by atoms with Gasteiger partial charge < -0.3 is 0 Å². The van der Waals surface area contributed by atoms with Crippen molar-refractivity contribution in [2.45, 2.75) is 47.0 Å². The topological polar surface area (TPSA) is 74.8 Å². The van der Waals surface area contributed by atoms with Crippen LogP contribution in [0.15, 0.2) is 48.6 Å². The van der Waals surface area contributed by atoms with Gasteiger partial charge in [-0.3, -0.25) is 19.2 Å². The number of aryl methyl sites for hydroxylation is 4. The highest BCUT2D eigenvalue weighted by Gasteiger charge is 2.29. The van der Waals surface area contributed by atoms with Crippen LogP contribution in [0.3, 0.4) is 0 Å². The van der Waals surface area contributed by atoms with Crippen LogP contribution in [0.2, 0.25) is 0 Å². The second kappa shape index (κ2) is 8.62. The van der Waals surface area contributed by atoms with E-state index in [1.807, 2.05) is 39.8 Å². The normalized spacial score (nSPS) is 15.5. The molecule has 0 saturated carbocycles. The molecule has 2 aliphatic heterocycles. The standard InChI is InChI=1S/C27H26N2O4/c1-5-18-13-20(16(3)11-22(18)28-24(30)7-8-25(28)31)15-21-14-19(6-2)23(12-17(21)4)29-26(32)9-10-27(29)33/h7-14H,5-6,15H2,1-4H3. The van der Waals surface area contributed by atoms with Crippen molar-refractivity contribution in [2.75, 3.05) is 9.80 Å². The van der Waals surface area contributed by atoms with E-state index in [0.717, 1.165) is 33.4 Å². The Morgan fingerprint density at radius 3 is 1.18 bits per heavy atom. The summed E-state index contributed by atoms with van der Waals surface area (Å²) in [5.74, 6) is -1.27. The van der Waals surface area contributed by atoms with Crippen molar-refractivity contribution >= 4 is 35.0 Å². The molecule has 6 heteroatoms. The van der Waals surface area contributed by atoms with Crippen molar-refractivity contribution in [2.24, 2.45) is 0 Å². The van der Waals surface area contributed by atoms with E-state index in [-0.39, 0.29) is 23.6 Å². The zero-order chi connectivity index (χ0) is 23.9. The average Bonchev–Trinajstić information content (AvgIpc) is 3.30. The molecule has 2 aromatic carbocycles. The highest BCUT2D eigenvalue weighted by Crippen LogP contribution is 2.32. The zero-order valence-corrected chi connectivity index (χ0v) is 19.3. The van der Waals surface area contributed by atoms with E-state index in [4.69, 9.17) is 0 Å². The first-order valence-corrected chi connectivity index (χ1v) is 11.1. The van der Waals surface area contributed by atoms with Crippen molar-refractivity contribution in [3.63, 3.8) is 0 Å². The molecule has 6 nitrogen and oxygen atoms in total. The Labute approximate surface area is 193 Å². The summed E-state index contributed by atoms with van der Waals surface area (Å²) in [6.07, 6.45) is 7.23. The average molecular weight is 443 g/mol. The summed E-state index contributed by atoms with van der Waals surface area (Å²) in [4.78, 5) is 51.3. The third-order valence-corrected chi connectivity index (χ3v) is 6.32. The molecule has 0 fully saturated rings. The number of anilines is 2. The van der Waals surface area contributed by atoms with Gasteiger partial charge in [-0.05, 0) is 78.6 Å². The predicted octanol–water partition coefficient (Wildman–Crippen LogP) is 3.88. The second-order valence-electron chi connectivity index (χ2n) is 8.39. The molecule has 33 heavy (non-hydrogen) atoms. The van der Waals surface area contributed by atoms with Crippen molar-refractivity contribution in [1.82, 2.24) is 0 Å². The molecule has 2 aromatic rings. The van der Waals surface area contributed by atoms with Gasteiger partial charge in [0.1, 0.15) is 0 Å². The number of amides is 4. The monoisotopic (exact) mass is 442 g/mol. The molecule has 0 saturated heterocycles. The van der Waals surface area contributed by atoms with Gasteiger partial charge in [0.05, 0.1) is 11.4 Å². The van der Waals surface area contributed by atoms with Crippen LogP contribution >= 0.6 is 0 Å². The summed E-state index contributed by atoms with van der Waals surface area (Å²) in [5.41, 5.74) is 7.34. The van der Waals surface area contributed by atoms with E-state index in [0.29, 0.717) is 30.6 Å². The maximum Gasteiger partial charge on any atom is 0.258 e. The van der Waals surface area contributed by atoms with Crippen LogP contribution in [-0.4, -0.2) is 23.6 Å². The molecule has 0 aromatic heterocycles. The Morgan fingerprint density at radius 2 is 0.879 bits per heavy atom. The fourth-order valence-corrected chi connectivity index (χ4v) is 4.42. The summed E-state index contributed by atoms with van der Waals surface area (Å²) in [5, 5.41) is 0. The van der Waals surface area contributed by atoms with Crippen LogP contribution in [-0.2, 0) is 38.4 Å². The fourth-order valence-electron chi connectivity index (χ4n) is 4.42. The van der Waals surface area contributed by atoms with E-state index in [1.54, 1.807) is 0 Å². The van der Waals surface area contributed by atoms with E-state index < -0.39 is 0 Å². The number of carbonyl (C=O) groups excluding carboxylic acids is 4. The number of carbonyl (C=O) groups is 4. The first-order valence-electron chi connectivity index (χ1n) is 11.1. The summed E-state index contributed by atoms with van der Waals surface area (Å²) < 4.78 is 0. The van der Waals surface area contributed by atoms with Gasteiger partial charge >= 0.3 is 0 Å². The van der Waals surface area contributed by atoms with Crippen molar-refractivity contribution < 1.29 is 19.2 Å². The molecule has 4 rings (SSSR count). The number of hydrogen-bond acceptors (Lipinski definition) is 4. The molecule has 2 aliphatic rings. The van der Waals surface area contributed by atoms with Crippen LogP contribution in [0, 0.1) is 13.8 Å². The van der Waals surface area contributed by atoms with Gasteiger partial charge in [0.15, 0.2) is 0 Å². The lowest BCUT2D eigenvalue weighted by Gasteiger charge is -2.22. The first kappa shape index (κ1) is 22.4. The third-order valence-electron chi connectivity index (χ3n) is 6.32. The summed E-state index contributed by atoms with van der Waals surface area (Å²) in [6.45, 7) is 7.97. The Balaban J connectivity index is 1.71. The number of imide groups is 2. The van der Waals surface area contributed by atoms with Crippen LogP contribution in [0.4, 0.5) is 11.4 Å². The van der Waals surface area contributed by atoms with Gasteiger partial charge in [-0.2, -0.15) is 0 Å².